The van der Waals surface area contributed by atoms with E-state index in [2.05, 4.69) is 25.7 Å². The van der Waals surface area contributed by atoms with Crippen LogP contribution < -0.4 is 5.43 Å². The van der Waals surface area contributed by atoms with Gasteiger partial charge in [0, 0.05) is 12.4 Å². The largest absolute Gasteiger partial charge is 0.508 e. The number of rotatable bonds is 3. The molecule has 7 heteroatoms. The normalized spacial score (nSPS) is 11.5. The molecule has 2 aromatic carbocycles. The average Bonchev–Trinajstić information content (AvgIpc) is 2.88. The lowest BCUT2D eigenvalue weighted by molar-refractivity contribution is 0.475. The number of anilines is 1. The molecule has 0 radical (unpaired) electrons. The molecule has 0 bridgehead atoms. The summed E-state index contributed by atoms with van der Waals surface area (Å²) in [4.78, 5) is 4.48. The number of benzene rings is 2. The molecule has 7 nitrogen and oxygen atoms in total. The van der Waals surface area contributed by atoms with E-state index in [4.69, 9.17) is 0 Å². The molecule has 0 spiro atoms. The third-order valence-corrected chi connectivity index (χ3v) is 3.75. The van der Waals surface area contributed by atoms with E-state index < -0.39 is 0 Å². The lowest BCUT2D eigenvalue weighted by Gasteiger charge is -1.99. The highest BCUT2D eigenvalue weighted by atomic mass is 16.3. The molecule has 0 aliphatic rings. The number of nitrogens with one attached hydrogen (secondary N) is 1. The van der Waals surface area contributed by atoms with E-state index in [0.717, 1.165) is 27.6 Å². The van der Waals surface area contributed by atoms with E-state index in [9.17, 15) is 5.11 Å². The zero-order chi connectivity index (χ0) is 16.5. The van der Waals surface area contributed by atoms with E-state index in [1.807, 2.05) is 41.9 Å². The molecule has 4 aromatic rings. The van der Waals surface area contributed by atoms with E-state index in [-0.39, 0.29) is 5.75 Å². The molecule has 0 aliphatic carbocycles. The van der Waals surface area contributed by atoms with Crippen LogP contribution in [0.15, 0.2) is 53.6 Å². The predicted molar refractivity (Wildman–Crippen MR) is 93.1 cm³/mol. The summed E-state index contributed by atoms with van der Waals surface area (Å²) in [7, 11) is 1.94. The van der Waals surface area contributed by atoms with Crippen LogP contribution in [0.4, 0.5) is 5.95 Å². The van der Waals surface area contributed by atoms with Crippen LogP contribution in [0.25, 0.3) is 22.1 Å². The standard InChI is InChI=1S/C17H14N6O/c1-23-14-8-3-2-7-13(14)15-16(23)19-17(22-20-15)21-18-10-11-5-4-6-12(24)9-11/h2-10,24H,1H3,(H,19,21,22)/b18-10+. The third kappa shape index (κ3) is 2.41. The monoisotopic (exact) mass is 318 g/mol. The summed E-state index contributed by atoms with van der Waals surface area (Å²) in [6.45, 7) is 0. The van der Waals surface area contributed by atoms with Gasteiger partial charge >= 0.3 is 0 Å². The van der Waals surface area contributed by atoms with Crippen molar-refractivity contribution in [3.63, 3.8) is 0 Å². The van der Waals surface area contributed by atoms with Crippen LogP contribution in [0.5, 0.6) is 5.75 Å². The minimum atomic E-state index is 0.189. The van der Waals surface area contributed by atoms with Gasteiger partial charge in [-0.3, -0.25) is 0 Å². The second-order valence-corrected chi connectivity index (χ2v) is 5.35. The van der Waals surface area contributed by atoms with Crippen molar-refractivity contribution in [1.82, 2.24) is 19.7 Å². The quantitative estimate of drug-likeness (QED) is 0.448. The second kappa shape index (κ2) is 5.62. The van der Waals surface area contributed by atoms with Crippen molar-refractivity contribution >= 4 is 34.2 Å². The number of aromatic nitrogens is 4. The SMILES string of the molecule is Cn1c2ccccc2c2nnc(N/N=C/c3cccc(O)c3)nc21. The molecule has 118 valence electrons. The van der Waals surface area contributed by atoms with Crippen molar-refractivity contribution < 1.29 is 5.11 Å². The minimum Gasteiger partial charge on any atom is -0.508 e. The molecule has 2 aromatic heterocycles. The Morgan fingerprint density at radius 2 is 2.00 bits per heavy atom. The summed E-state index contributed by atoms with van der Waals surface area (Å²) in [6.07, 6.45) is 1.58. The molecular weight excluding hydrogens is 304 g/mol. The van der Waals surface area contributed by atoms with Crippen molar-refractivity contribution in [3.05, 3.63) is 54.1 Å². The van der Waals surface area contributed by atoms with Crippen LogP contribution in [-0.2, 0) is 7.05 Å². The van der Waals surface area contributed by atoms with Crippen LogP contribution in [0.2, 0.25) is 0 Å². The first-order valence-corrected chi connectivity index (χ1v) is 7.38. The molecule has 0 saturated heterocycles. The van der Waals surface area contributed by atoms with Gasteiger partial charge in [-0.2, -0.15) is 10.1 Å². The number of fused-ring (bicyclic) bond motifs is 3. The zero-order valence-electron chi connectivity index (χ0n) is 12.9. The maximum absolute atomic E-state index is 9.43. The number of para-hydroxylation sites is 1. The van der Waals surface area contributed by atoms with Crippen LogP contribution in [0.3, 0.4) is 0 Å². The van der Waals surface area contributed by atoms with Gasteiger partial charge in [0.25, 0.3) is 5.95 Å². The summed E-state index contributed by atoms with van der Waals surface area (Å²) in [5, 5.41) is 22.9. The first kappa shape index (κ1) is 14.1. The second-order valence-electron chi connectivity index (χ2n) is 5.35. The first-order chi connectivity index (χ1) is 11.7. The third-order valence-electron chi connectivity index (χ3n) is 3.75. The Bertz CT molecular complexity index is 1070. The fourth-order valence-corrected chi connectivity index (χ4v) is 2.62. The number of phenolic OH excluding ortho intramolecular Hbond substituents is 1. The molecule has 0 fully saturated rings. The molecule has 24 heavy (non-hydrogen) atoms. The molecular formula is C17H14N6O. The Hall–Kier alpha value is -3.48. The van der Waals surface area contributed by atoms with Gasteiger partial charge in [-0.1, -0.05) is 30.3 Å². The molecule has 0 aliphatic heterocycles. The van der Waals surface area contributed by atoms with E-state index in [0.29, 0.717) is 5.95 Å². The van der Waals surface area contributed by atoms with Crippen molar-refractivity contribution in [2.75, 3.05) is 5.43 Å². The number of aromatic hydroxyl groups is 1. The summed E-state index contributed by atoms with van der Waals surface area (Å²) < 4.78 is 1.98. The topological polar surface area (TPSA) is 88.2 Å². The van der Waals surface area contributed by atoms with Gasteiger partial charge in [-0.25, -0.2) is 5.43 Å². The van der Waals surface area contributed by atoms with Gasteiger partial charge in [-0.15, -0.1) is 10.2 Å². The highest BCUT2D eigenvalue weighted by Crippen LogP contribution is 2.24. The smallest absolute Gasteiger partial charge is 0.265 e. The molecule has 2 N–H and O–H groups in total. The molecule has 0 atom stereocenters. The average molecular weight is 318 g/mol. The fourth-order valence-electron chi connectivity index (χ4n) is 2.62. The lowest BCUT2D eigenvalue weighted by Crippen LogP contribution is -2.00. The first-order valence-electron chi connectivity index (χ1n) is 7.38. The van der Waals surface area contributed by atoms with Gasteiger partial charge in [0.15, 0.2) is 5.65 Å². The van der Waals surface area contributed by atoms with Gasteiger partial charge in [0.05, 0.1) is 11.7 Å². The summed E-state index contributed by atoms with van der Waals surface area (Å²) in [5.41, 5.74) is 6.08. The summed E-state index contributed by atoms with van der Waals surface area (Å²) in [6, 6.07) is 14.8. The summed E-state index contributed by atoms with van der Waals surface area (Å²) >= 11 is 0. The summed E-state index contributed by atoms with van der Waals surface area (Å²) in [5.74, 6) is 0.499. The van der Waals surface area contributed by atoms with Crippen LogP contribution in [0, 0.1) is 0 Å². The molecule has 0 amide bonds. The van der Waals surface area contributed by atoms with Crippen molar-refractivity contribution in [3.8, 4) is 5.75 Å². The maximum Gasteiger partial charge on any atom is 0.265 e. The van der Waals surface area contributed by atoms with Gasteiger partial charge < -0.3 is 9.67 Å². The van der Waals surface area contributed by atoms with Crippen LogP contribution in [-0.4, -0.2) is 31.1 Å². The fraction of sp³-hybridized carbons (Fsp3) is 0.0588. The lowest BCUT2D eigenvalue weighted by atomic mass is 10.2. The number of nitrogens with zero attached hydrogens (tertiary/aromatic N) is 5. The molecule has 0 saturated carbocycles. The number of aryl methyl sites for hydroxylation is 1. The Labute approximate surface area is 137 Å². The van der Waals surface area contributed by atoms with Gasteiger partial charge in [-0.05, 0) is 23.8 Å². The highest BCUT2D eigenvalue weighted by molar-refractivity contribution is 6.04. The van der Waals surface area contributed by atoms with Crippen molar-refractivity contribution in [1.29, 1.82) is 0 Å². The van der Waals surface area contributed by atoms with Crippen LogP contribution >= 0.6 is 0 Å². The Kier molecular flexibility index (Phi) is 3.31. The van der Waals surface area contributed by atoms with Crippen molar-refractivity contribution in [2.45, 2.75) is 0 Å². The number of phenols is 1. The molecule has 4 rings (SSSR count). The molecule has 0 unspecified atom stereocenters. The maximum atomic E-state index is 9.43. The Balaban J connectivity index is 1.66. The number of hydrogen-bond acceptors (Lipinski definition) is 6. The number of hydrogen-bond donors (Lipinski definition) is 2. The van der Waals surface area contributed by atoms with Crippen molar-refractivity contribution in [2.24, 2.45) is 12.1 Å². The van der Waals surface area contributed by atoms with Crippen LogP contribution in [0.1, 0.15) is 5.56 Å². The zero-order valence-corrected chi connectivity index (χ0v) is 12.9. The predicted octanol–water partition coefficient (Wildman–Crippen LogP) is 2.67. The number of hydrazone groups is 1. The Morgan fingerprint density at radius 3 is 2.88 bits per heavy atom. The van der Waals surface area contributed by atoms with Gasteiger partial charge in [0.1, 0.15) is 11.3 Å². The molecule has 2 heterocycles. The highest BCUT2D eigenvalue weighted by Gasteiger charge is 2.11. The van der Waals surface area contributed by atoms with E-state index in [1.54, 1.807) is 24.4 Å². The van der Waals surface area contributed by atoms with Gasteiger partial charge in [0.2, 0.25) is 0 Å². The van der Waals surface area contributed by atoms with E-state index in [1.165, 1.54) is 0 Å². The Morgan fingerprint density at radius 1 is 1.12 bits per heavy atom. The minimum absolute atomic E-state index is 0.189. The van der Waals surface area contributed by atoms with E-state index >= 15 is 0 Å².